The molecular formula is C15H16N4. The van der Waals surface area contributed by atoms with Gasteiger partial charge in [-0.15, -0.1) is 0 Å². The van der Waals surface area contributed by atoms with Crippen LogP contribution in [0.2, 0.25) is 0 Å². The van der Waals surface area contributed by atoms with Crippen LogP contribution in [0.5, 0.6) is 0 Å². The maximum absolute atomic E-state index is 8.76. The molecule has 1 heterocycles. The number of benzene rings is 1. The summed E-state index contributed by atoms with van der Waals surface area (Å²) in [5, 5.41) is 9.81. The maximum Gasteiger partial charge on any atom is 0.129 e. The summed E-state index contributed by atoms with van der Waals surface area (Å²) in [5.41, 5.74) is 7.48. The van der Waals surface area contributed by atoms with E-state index in [1.165, 1.54) is 12.8 Å². The molecule has 1 saturated carbocycles. The van der Waals surface area contributed by atoms with Gasteiger partial charge in [0.05, 0.1) is 18.0 Å². The van der Waals surface area contributed by atoms with Gasteiger partial charge in [-0.1, -0.05) is 0 Å². The van der Waals surface area contributed by atoms with Crippen molar-refractivity contribution in [1.29, 1.82) is 5.26 Å². The van der Waals surface area contributed by atoms with Crippen LogP contribution < -0.4 is 10.6 Å². The molecule has 1 aliphatic carbocycles. The minimum Gasteiger partial charge on any atom is -0.399 e. The second kappa shape index (κ2) is 4.77. The predicted molar refractivity (Wildman–Crippen MR) is 76.8 cm³/mol. The molecule has 0 atom stereocenters. The molecule has 2 aromatic rings. The Morgan fingerprint density at radius 2 is 2.16 bits per heavy atom. The lowest BCUT2D eigenvalue weighted by molar-refractivity contribution is 0.780. The summed E-state index contributed by atoms with van der Waals surface area (Å²) in [7, 11) is 0. The molecule has 1 aromatic carbocycles. The third-order valence-corrected chi connectivity index (χ3v) is 3.44. The summed E-state index contributed by atoms with van der Waals surface area (Å²) in [6.07, 6.45) is 2.94. The van der Waals surface area contributed by atoms with E-state index in [4.69, 9.17) is 16.0 Å². The van der Waals surface area contributed by atoms with Gasteiger partial charge in [0.15, 0.2) is 0 Å². The summed E-state index contributed by atoms with van der Waals surface area (Å²) in [5.74, 6) is 0.968. The van der Waals surface area contributed by atoms with Crippen molar-refractivity contribution in [2.75, 3.05) is 17.2 Å². The number of nitriles is 1. The Balaban J connectivity index is 1.94. The standard InChI is InChI=1S/C15H16N4/c16-8-1-9-19(13-4-5-13)15-7-2-11-10-12(17)3-6-14(11)18-15/h2-3,6-7,10,13H,1,4-5,9,17H2. The Bertz CT molecular complexity index is 640. The predicted octanol–water partition coefficient (Wildman–Crippen LogP) is 2.70. The van der Waals surface area contributed by atoms with E-state index in [1.807, 2.05) is 24.3 Å². The van der Waals surface area contributed by atoms with Gasteiger partial charge in [-0.05, 0) is 43.2 Å². The first kappa shape index (κ1) is 11.8. The van der Waals surface area contributed by atoms with Gasteiger partial charge in [0.2, 0.25) is 0 Å². The molecule has 0 spiro atoms. The number of hydrogen-bond acceptors (Lipinski definition) is 4. The molecule has 0 aliphatic heterocycles. The summed E-state index contributed by atoms with van der Waals surface area (Å²) in [6.45, 7) is 0.759. The Morgan fingerprint density at radius 1 is 1.32 bits per heavy atom. The van der Waals surface area contributed by atoms with Gasteiger partial charge < -0.3 is 10.6 Å². The quantitative estimate of drug-likeness (QED) is 0.850. The molecule has 0 radical (unpaired) electrons. The zero-order chi connectivity index (χ0) is 13.2. The van der Waals surface area contributed by atoms with E-state index < -0.39 is 0 Å². The van der Waals surface area contributed by atoms with Gasteiger partial charge in [0.25, 0.3) is 0 Å². The number of pyridine rings is 1. The van der Waals surface area contributed by atoms with Gasteiger partial charge in [-0.3, -0.25) is 0 Å². The van der Waals surface area contributed by atoms with Crippen molar-refractivity contribution in [2.24, 2.45) is 0 Å². The average Bonchev–Trinajstić information content (AvgIpc) is 3.24. The highest BCUT2D eigenvalue weighted by molar-refractivity contribution is 5.83. The van der Waals surface area contributed by atoms with Crippen LogP contribution in [0, 0.1) is 11.3 Å². The second-order valence-electron chi connectivity index (χ2n) is 4.95. The smallest absolute Gasteiger partial charge is 0.129 e. The number of nitrogen functional groups attached to an aromatic ring is 1. The van der Waals surface area contributed by atoms with E-state index in [1.54, 1.807) is 0 Å². The Hall–Kier alpha value is -2.28. The Kier molecular flexibility index (Phi) is 2.96. The largest absolute Gasteiger partial charge is 0.399 e. The van der Waals surface area contributed by atoms with Crippen LogP contribution in [-0.4, -0.2) is 17.6 Å². The molecule has 1 aromatic heterocycles. The van der Waals surface area contributed by atoms with Crippen LogP contribution in [0.15, 0.2) is 30.3 Å². The molecule has 0 amide bonds. The van der Waals surface area contributed by atoms with Crippen LogP contribution in [0.3, 0.4) is 0 Å². The monoisotopic (exact) mass is 252 g/mol. The van der Waals surface area contributed by atoms with E-state index in [2.05, 4.69) is 17.0 Å². The van der Waals surface area contributed by atoms with Crippen LogP contribution in [0.4, 0.5) is 11.5 Å². The molecular weight excluding hydrogens is 236 g/mol. The number of nitrogens with zero attached hydrogens (tertiary/aromatic N) is 3. The number of rotatable bonds is 4. The highest BCUT2D eigenvalue weighted by atomic mass is 15.2. The number of anilines is 2. The van der Waals surface area contributed by atoms with Crippen LogP contribution >= 0.6 is 0 Å². The molecule has 96 valence electrons. The molecule has 19 heavy (non-hydrogen) atoms. The van der Waals surface area contributed by atoms with Crippen LogP contribution in [0.1, 0.15) is 19.3 Å². The minimum atomic E-state index is 0.540. The maximum atomic E-state index is 8.76. The number of nitrogens with two attached hydrogens (primary N) is 1. The highest BCUT2D eigenvalue weighted by Crippen LogP contribution is 2.31. The molecule has 4 heteroatoms. The van der Waals surface area contributed by atoms with Crippen LogP contribution in [-0.2, 0) is 0 Å². The fraction of sp³-hybridized carbons (Fsp3) is 0.333. The lowest BCUT2D eigenvalue weighted by Gasteiger charge is -2.22. The van der Waals surface area contributed by atoms with E-state index in [-0.39, 0.29) is 0 Å². The topological polar surface area (TPSA) is 65.9 Å². The molecule has 0 saturated heterocycles. The van der Waals surface area contributed by atoms with Crippen molar-refractivity contribution in [3.8, 4) is 6.07 Å². The van der Waals surface area contributed by atoms with Crippen LogP contribution in [0.25, 0.3) is 10.9 Å². The van der Waals surface area contributed by atoms with Gasteiger partial charge in [-0.2, -0.15) is 5.26 Å². The Labute approximate surface area is 112 Å². The van der Waals surface area contributed by atoms with E-state index in [0.717, 1.165) is 29.0 Å². The molecule has 2 N–H and O–H groups in total. The summed E-state index contributed by atoms with van der Waals surface area (Å²) >= 11 is 0. The summed E-state index contributed by atoms with van der Waals surface area (Å²) in [6, 6.07) is 12.6. The SMILES string of the molecule is N#CCCN(c1ccc2cc(N)ccc2n1)C1CC1. The average molecular weight is 252 g/mol. The normalized spacial score (nSPS) is 14.3. The van der Waals surface area contributed by atoms with Crippen molar-refractivity contribution in [2.45, 2.75) is 25.3 Å². The van der Waals surface area contributed by atoms with E-state index in [9.17, 15) is 0 Å². The number of hydrogen-bond donors (Lipinski definition) is 1. The lowest BCUT2D eigenvalue weighted by Crippen LogP contribution is -2.27. The molecule has 1 fully saturated rings. The van der Waals surface area contributed by atoms with E-state index in [0.29, 0.717) is 12.5 Å². The minimum absolute atomic E-state index is 0.540. The summed E-state index contributed by atoms with van der Waals surface area (Å²) < 4.78 is 0. The third kappa shape index (κ3) is 2.45. The Morgan fingerprint density at radius 3 is 2.89 bits per heavy atom. The first-order chi connectivity index (χ1) is 9.28. The third-order valence-electron chi connectivity index (χ3n) is 3.44. The molecule has 0 unspecified atom stereocenters. The summed E-state index contributed by atoms with van der Waals surface area (Å²) in [4.78, 5) is 6.94. The molecule has 4 nitrogen and oxygen atoms in total. The number of aromatic nitrogens is 1. The first-order valence-electron chi connectivity index (χ1n) is 6.58. The van der Waals surface area contributed by atoms with Crippen molar-refractivity contribution in [3.05, 3.63) is 30.3 Å². The van der Waals surface area contributed by atoms with Gasteiger partial charge in [-0.25, -0.2) is 4.98 Å². The number of fused-ring (bicyclic) bond motifs is 1. The first-order valence-corrected chi connectivity index (χ1v) is 6.58. The molecule has 1 aliphatic rings. The highest BCUT2D eigenvalue weighted by Gasteiger charge is 2.29. The van der Waals surface area contributed by atoms with Gasteiger partial charge in [0, 0.05) is 23.7 Å². The van der Waals surface area contributed by atoms with Gasteiger partial charge in [0.1, 0.15) is 5.82 Å². The van der Waals surface area contributed by atoms with Crippen molar-refractivity contribution < 1.29 is 0 Å². The van der Waals surface area contributed by atoms with Crippen molar-refractivity contribution in [1.82, 2.24) is 4.98 Å². The molecule has 0 bridgehead atoms. The van der Waals surface area contributed by atoms with Crippen molar-refractivity contribution >= 4 is 22.4 Å². The lowest BCUT2D eigenvalue weighted by atomic mass is 10.2. The van der Waals surface area contributed by atoms with E-state index >= 15 is 0 Å². The zero-order valence-corrected chi connectivity index (χ0v) is 10.7. The fourth-order valence-electron chi connectivity index (χ4n) is 2.33. The van der Waals surface area contributed by atoms with Crippen molar-refractivity contribution in [3.63, 3.8) is 0 Å². The van der Waals surface area contributed by atoms with Gasteiger partial charge >= 0.3 is 0 Å². The second-order valence-corrected chi connectivity index (χ2v) is 4.95. The molecule has 3 rings (SSSR count). The fourth-order valence-corrected chi connectivity index (χ4v) is 2.33. The zero-order valence-electron chi connectivity index (χ0n) is 10.7.